The van der Waals surface area contributed by atoms with Crippen molar-refractivity contribution in [3.05, 3.63) is 0 Å². The summed E-state index contributed by atoms with van der Waals surface area (Å²) >= 11 is 6.38. The number of ether oxygens (including phenoxy) is 1. The van der Waals surface area contributed by atoms with Gasteiger partial charge in [0, 0.05) is 5.38 Å². The number of hydrogen-bond donors (Lipinski definition) is 0. The van der Waals surface area contributed by atoms with E-state index in [1.807, 2.05) is 0 Å². The minimum atomic E-state index is 0.295. The number of alkyl halides is 1. The van der Waals surface area contributed by atoms with Crippen molar-refractivity contribution in [2.75, 3.05) is 0 Å². The molecule has 3 aliphatic rings. The first-order chi connectivity index (χ1) is 8.27. The van der Waals surface area contributed by atoms with Crippen LogP contribution in [0.5, 0.6) is 0 Å². The van der Waals surface area contributed by atoms with E-state index < -0.39 is 0 Å². The summed E-state index contributed by atoms with van der Waals surface area (Å²) in [6, 6.07) is 0. The first-order valence-electron chi connectivity index (χ1n) is 7.59. The molecule has 0 aromatic carbocycles. The summed E-state index contributed by atoms with van der Waals surface area (Å²) in [4.78, 5) is 0. The molecule has 0 bridgehead atoms. The van der Waals surface area contributed by atoms with Gasteiger partial charge in [0.05, 0.1) is 11.7 Å². The highest BCUT2D eigenvalue weighted by atomic mass is 35.5. The third-order valence-electron chi connectivity index (χ3n) is 5.24. The molecular weight excluding hydrogens is 232 g/mol. The second kappa shape index (κ2) is 5.09. The molecule has 0 amide bonds. The topological polar surface area (TPSA) is 9.23 Å². The van der Waals surface area contributed by atoms with Crippen molar-refractivity contribution in [2.24, 2.45) is 5.92 Å². The Balaban J connectivity index is 1.53. The zero-order valence-electron chi connectivity index (χ0n) is 10.8. The third-order valence-corrected chi connectivity index (χ3v) is 5.81. The Kier molecular flexibility index (Phi) is 3.68. The zero-order valence-corrected chi connectivity index (χ0v) is 11.6. The minimum absolute atomic E-state index is 0.295. The van der Waals surface area contributed by atoms with Crippen LogP contribution >= 0.6 is 11.6 Å². The molecule has 1 nitrogen and oxygen atoms in total. The standard InChI is InChI=1S/C15H25ClO/c16-14-6-4-5-12(14)11-13-7-10-15(17-13)8-2-1-3-9-15/h12-14H,1-11H2. The normalized spacial score (nSPS) is 41.1. The van der Waals surface area contributed by atoms with Gasteiger partial charge in [-0.25, -0.2) is 0 Å². The Bertz CT molecular complexity index is 260. The quantitative estimate of drug-likeness (QED) is 0.653. The van der Waals surface area contributed by atoms with E-state index in [-0.39, 0.29) is 0 Å². The average molecular weight is 257 g/mol. The molecule has 3 rings (SSSR count). The van der Waals surface area contributed by atoms with Gasteiger partial charge in [-0.1, -0.05) is 25.7 Å². The molecule has 1 spiro atoms. The lowest BCUT2D eigenvalue weighted by Crippen LogP contribution is -2.32. The van der Waals surface area contributed by atoms with E-state index >= 15 is 0 Å². The molecule has 2 heteroatoms. The Labute approximate surface area is 110 Å². The fraction of sp³-hybridized carbons (Fsp3) is 1.00. The van der Waals surface area contributed by atoms with Crippen molar-refractivity contribution in [1.29, 1.82) is 0 Å². The molecule has 1 heterocycles. The fourth-order valence-corrected chi connectivity index (χ4v) is 4.60. The van der Waals surface area contributed by atoms with E-state index in [0.717, 1.165) is 5.92 Å². The van der Waals surface area contributed by atoms with E-state index in [2.05, 4.69) is 0 Å². The summed E-state index contributed by atoms with van der Waals surface area (Å²) in [5.41, 5.74) is 0.295. The number of rotatable bonds is 2. The summed E-state index contributed by atoms with van der Waals surface area (Å²) in [5, 5.41) is 0.432. The van der Waals surface area contributed by atoms with Crippen LogP contribution in [0.15, 0.2) is 0 Å². The molecule has 3 fully saturated rings. The van der Waals surface area contributed by atoms with Gasteiger partial charge in [-0.3, -0.25) is 0 Å². The van der Waals surface area contributed by atoms with Gasteiger partial charge in [-0.05, 0) is 50.9 Å². The summed E-state index contributed by atoms with van der Waals surface area (Å²) in [6.45, 7) is 0. The molecule has 1 aliphatic heterocycles. The molecule has 98 valence electrons. The van der Waals surface area contributed by atoms with Crippen molar-refractivity contribution >= 4 is 11.6 Å². The Morgan fingerprint density at radius 2 is 1.76 bits per heavy atom. The molecule has 2 saturated carbocycles. The molecule has 0 N–H and O–H groups in total. The smallest absolute Gasteiger partial charge is 0.0687 e. The van der Waals surface area contributed by atoms with Crippen LogP contribution in [0.25, 0.3) is 0 Å². The maximum atomic E-state index is 6.44. The molecule has 1 saturated heterocycles. The van der Waals surface area contributed by atoms with Crippen LogP contribution in [0.3, 0.4) is 0 Å². The van der Waals surface area contributed by atoms with Crippen LogP contribution in [-0.2, 0) is 4.74 Å². The van der Waals surface area contributed by atoms with Crippen molar-refractivity contribution in [3.8, 4) is 0 Å². The van der Waals surface area contributed by atoms with Crippen molar-refractivity contribution < 1.29 is 4.74 Å². The molecule has 0 radical (unpaired) electrons. The Morgan fingerprint density at radius 1 is 0.941 bits per heavy atom. The predicted octanol–water partition coefficient (Wildman–Crippen LogP) is 4.67. The molecule has 17 heavy (non-hydrogen) atoms. The predicted molar refractivity (Wildman–Crippen MR) is 71.5 cm³/mol. The monoisotopic (exact) mass is 256 g/mol. The van der Waals surface area contributed by atoms with E-state index in [0.29, 0.717) is 17.1 Å². The van der Waals surface area contributed by atoms with Crippen LogP contribution in [-0.4, -0.2) is 17.1 Å². The lowest BCUT2D eigenvalue weighted by molar-refractivity contribution is -0.0694. The zero-order chi connectivity index (χ0) is 11.7. The molecule has 0 aromatic rings. The van der Waals surface area contributed by atoms with Crippen LogP contribution in [0.4, 0.5) is 0 Å². The minimum Gasteiger partial charge on any atom is -0.372 e. The van der Waals surface area contributed by atoms with Crippen LogP contribution in [0.2, 0.25) is 0 Å². The lowest BCUT2D eigenvalue weighted by atomic mass is 9.83. The van der Waals surface area contributed by atoms with Gasteiger partial charge in [0.15, 0.2) is 0 Å². The summed E-state index contributed by atoms with van der Waals surface area (Å²) < 4.78 is 6.44. The summed E-state index contributed by atoms with van der Waals surface area (Å²) in [7, 11) is 0. The van der Waals surface area contributed by atoms with E-state index in [9.17, 15) is 0 Å². The highest BCUT2D eigenvalue weighted by Crippen LogP contribution is 2.45. The highest BCUT2D eigenvalue weighted by molar-refractivity contribution is 6.20. The van der Waals surface area contributed by atoms with E-state index in [1.165, 1.54) is 70.6 Å². The van der Waals surface area contributed by atoms with Gasteiger partial charge in [0.2, 0.25) is 0 Å². The van der Waals surface area contributed by atoms with Crippen molar-refractivity contribution in [1.82, 2.24) is 0 Å². The lowest BCUT2D eigenvalue weighted by Gasteiger charge is -2.33. The SMILES string of the molecule is ClC1CCCC1CC1CCC2(CCCCC2)O1. The van der Waals surface area contributed by atoms with Crippen molar-refractivity contribution in [2.45, 2.75) is 87.7 Å². The molecule has 3 atom stereocenters. The molecular formula is C15H25ClO. The number of halogens is 1. The molecule has 2 aliphatic carbocycles. The van der Waals surface area contributed by atoms with Gasteiger partial charge >= 0.3 is 0 Å². The van der Waals surface area contributed by atoms with Gasteiger partial charge in [-0.2, -0.15) is 0 Å². The highest BCUT2D eigenvalue weighted by Gasteiger charge is 2.42. The van der Waals surface area contributed by atoms with E-state index in [1.54, 1.807) is 0 Å². The second-order valence-corrected chi connectivity index (χ2v) is 7.03. The van der Waals surface area contributed by atoms with Crippen LogP contribution in [0.1, 0.15) is 70.6 Å². The summed E-state index contributed by atoms with van der Waals surface area (Å²) in [6.07, 6.45) is 15.1. The van der Waals surface area contributed by atoms with Gasteiger partial charge in [0.25, 0.3) is 0 Å². The first-order valence-corrected chi connectivity index (χ1v) is 8.03. The van der Waals surface area contributed by atoms with Gasteiger partial charge < -0.3 is 4.74 Å². The first kappa shape index (κ1) is 12.3. The maximum Gasteiger partial charge on any atom is 0.0687 e. The van der Waals surface area contributed by atoms with Gasteiger partial charge in [-0.15, -0.1) is 11.6 Å². The number of hydrogen-bond acceptors (Lipinski definition) is 1. The van der Waals surface area contributed by atoms with Crippen LogP contribution in [0, 0.1) is 5.92 Å². The van der Waals surface area contributed by atoms with Crippen molar-refractivity contribution in [3.63, 3.8) is 0 Å². The molecule has 0 aromatic heterocycles. The van der Waals surface area contributed by atoms with Gasteiger partial charge in [0.1, 0.15) is 0 Å². The third kappa shape index (κ3) is 2.66. The Morgan fingerprint density at radius 3 is 2.47 bits per heavy atom. The fourth-order valence-electron chi connectivity index (χ4n) is 4.22. The summed E-state index contributed by atoms with van der Waals surface area (Å²) in [5.74, 6) is 0.736. The maximum absolute atomic E-state index is 6.44. The largest absolute Gasteiger partial charge is 0.372 e. The Hall–Kier alpha value is 0.250. The average Bonchev–Trinajstić information content (AvgIpc) is 2.90. The molecule has 3 unspecified atom stereocenters. The second-order valence-electron chi connectivity index (χ2n) is 6.46. The van der Waals surface area contributed by atoms with E-state index in [4.69, 9.17) is 16.3 Å². The van der Waals surface area contributed by atoms with Crippen LogP contribution < -0.4 is 0 Å².